The fraction of sp³-hybridized carbons (Fsp3) is 0.609. The molecule has 6 heteroatoms. The summed E-state index contributed by atoms with van der Waals surface area (Å²) in [6.07, 6.45) is 80.1. The lowest BCUT2D eigenvalue weighted by molar-refractivity contribution is -0.167. The van der Waals surface area contributed by atoms with E-state index in [0.717, 1.165) is 154 Å². The predicted molar refractivity (Wildman–Crippen MR) is 302 cm³/mol. The maximum Gasteiger partial charge on any atom is 0.306 e. The molecule has 0 N–H and O–H groups in total. The van der Waals surface area contributed by atoms with Crippen LogP contribution in [0.2, 0.25) is 0 Å². The Morgan fingerprint density at radius 1 is 0.300 bits per heavy atom. The summed E-state index contributed by atoms with van der Waals surface area (Å²) in [6.45, 7) is 6.32. The van der Waals surface area contributed by atoms with E-state index in [9.17, 15) is 14.4 Å². The van der Waals surface area contributed by atoms with Gasteiger partial charge in [0.25, 0.3) is 0 Å². The van der Waals surface area contributed by atoms with Gasteiger partial charge in [-0.2, -0.15) is 0 Å². The number of hydrogen-bond donors (Lipinski definition) is 0. The van der Waals surface area contributed by atoms with Crippen molar-refractivity contribution in [2.45, 2.75) is 239 Å². The molecule has 0 saturated carbocycles. The van der Waals surface area contributed by atoms with Crippen LogP contribution in [0.3, 0.4) is 0 Å². The minimum atomic E-state index is -0.816. The molecule has 394 valence electrons. The average Bonchev–Trinajstić information content (AvgIpc) is 3.36. The molecule has 0 aliphatic carbocycles. The van der Waals surface area contributed by atoms with Crippen LogP contribution in [0.5, 0.6) is 0 Å². The highest BCUT2D eigenvalue weighted by molar-refractivity contribution is 5.71. The minimum absolute atomic E-state index is 0.112. The van der Waals surface area contributed by atoms with Gasteiger partial charge in [-0.15, -0.1) is 0 Å². The summed E-state index contributed by atoms with van der Waals surface area (Å²) in [5, 5.41) is 0. The summed E-state index contributed by atoms with van der Waals surface area (Å²) < 4.78 is 16.8. The molecule has 0 saturated heterocycles. The number of esters is 3. The van der Waals surface area contributed by atoms with E-state index in [0.29, 0.717) is 25.7 Å². The molecule has 0 radical (unpaired) electrons. The number of ether oxygens (including phenoxy) is 3. The summed E-state index contributed by atoms with van der Waals surface area (Å²) in [7, 11) is 0. The van der Waals surface area contributed by atoms with Gasteiger partial charge in [-0.25, -0.2) is 0 Å². The second-order valence-corrected chi connectivity index (χ2v) is 18.1. The molecule has 1 atom stereocenters. The van der Waals surface area contributed by atoms with E-state index in [4.69, 9.17) is 14.2 Å². The largest absolute Gasteiger partial charge is 0.462 e. The maximum atomic E-state index is 12.8. The van der Waals surface area contributed by atoms with Crippen LogP contribution in [-0.2, 0) is 28.6 Å². The van der Waals surface area contributed by atoms with Gasteiger partial charge in [-0.1, -0.05) is 212 Å². The fourth-order valence-corrected chi connectivity index (χ4v) is 7.19. The standard InChI is InChI=1S/C64H102O6/c1-4-7-10-13-16-19-22-25-28-30-31-32-33-34-37-39-42-45-48-51-54-57-63(66)69-60-61(59-68-62(65)56-53-50-47-44-41-38-35-27-24-21-18-15-12-9-6-3)70-64(67)58-55-52-49-46-43-40-36-29-26-23-20-17-14-11-8-5-2/h7,9-10,12,16,18-21,23,25,27-29,31-32,34-37,41,44,61H,4-6,8,11,13-15,17,22,24,26,30,33,38-40,42-43,45-60H2,1-3H3/b10-7-,12-9-,19-16-,21-18-,23-20-,28-25-,32-31-,35-27-,36-29-,37-34-,44-41-. The van der Waals surface area contributed by atoms with Gasteiger partial charge in [0.1, 0.15) is 13.2 Å². The van der Waals surface area contributed by atoms with Crippen molar-refractivity contribution in [3.05, 3.63) is 134 Å². The first-order valence-electron chi connectivity index (χ1n) is 28.2. The van der Waals surface area contributed by atoms with E-state index in [-0.39, 0.29) is 31.1 Å². The Kier molecular flexibility index (Phi) is 53.5. The average molecular weight is 968 g/mol. The zero-order chi connectivity index (χ0) is 50.7. The molecule has 0 aromatic rings. The smallest absolute Gasteiger partial charge is 0.306 e. The fourth-order valence-electron chi connectivity index (χ4n) is 7.19. The molecule has 0 aliphatic heterocycles. The summed E-state index contributed by atoms with van der Waals surface area (Å²) in [4.78, 5) is 38.1. The molecular weight excluding hydrogens is 865 g/mol. The van der Waals surface area contributed by atoms with Crippen molar-refractivity contribution < 1.29 is 28.6 Å². The highest BCUT2D eigenvalue weighted by atomic mass is 16.6. The molecule has 1 unspecified atom stereocenters. The SMILES string of the molecule is CC/C=C\C/C=C\C/C=C\C/C=C\C/C=C\CCCCCCCC(=O)OCC(COC(=O)CCCC/C=C\C/C=C\C/C=C\C/C=C\CC)OC(=O)CCCCCCC/C=C\C/C=C\CCCCCC. The number of allylic oxidation sites excluding steroid dienone is 22. The van der Waals surface area contributed by atoms with E-state index in [1.165, 1.54) is 32.1 Å². The Balaban J connectivity index is 4.52. The Morgan fingerprint density at radius 2 is 0.557 bits per heavy atom. The van der Waals surface area contributed by atoms with Crippen LogP contribution in [0, 0.1) is 0 Å². The summed E-state index contributed by atoms with van der Waals surface area (Å²) in [5.41, 5.74) is 0. The Labute approximate surface area is 430 Å². The third-order valence-electron chi connectivity index (χ3n) is 11.4. The van der Waals surface area contributed by atoms with E-state index >= 15 is 0 Å². The maximum absolute atomic E-state index is 12.8. The van der Waals surface area contributed by atoms with Gasteiger partial charge < -0.3 is 14.2 Å². The first-order valence-corrected chi connectivity index (χ1v) is 28.2. The Bertz CT molecular complexity index is 1530. The van der Waals surface area contributed by atoms with Crippen molar-refractivity contribution in [2.75, 3.05) is 13.2 Å². The predicted octanol–water partition coefficient (Wildman–Crippen LogP) is 19.0. The zero-order valence-corrected chi connectivity index (χ0v) is 45.0. The molecule has 0 aromatic carbocycles. The summed E-state index contributed by atoms with van der Waals surface area (Å²) >= 11 is 0. The summed E-state index contributed by atoms with van der Waals surface area (Å²) in [5.74, 6) is -0.991. The van der Waals surface area contributed by atoms with Gasteiger partial charge in [-0.3, -0.25) is 14.4 Å². The number of rotatable bonds is 49. The lowest BCUT2D eigenvalue weighted by atomic mass is 10.1. The molecule has 0 fully saturated rings. The van der Waals surface area contributed by atoms with Crippen LogP contribution in [-0.4, -0.2) is 37.2 Å². The second kappa shape index (κ2) is 57.1. The zero-order valence-electron chi connectivity index (χ0n) is 45.0. The van der Waals surface area contributed by atoms with Crippen LogP contribution in [0.25, 0.3) is 0 Å². The first-order chi connectivity index (χ1) is 34.5. The first kappa shape index (κ1) is 65.5. The normalized spacial score (nSPS) is 13.1. The van der Waals surface area contributed by atoms with Crippen LogP contribution in [0.1, 0.15) is 233 Å². The molecular formula is C64H102O6. The molecule has 0 heterocycles. The number of carbonyl (C=O) groups excluding carboxylic acids is 3. The topological polar surface area (TPSA) is 78.9 Å². The van der Waals surface area contributed by atoms with Crippen molar-refractivity contribution in [1.82, 2.24) is 0 Å². The third-order valence-corrected chi connectivity index (χ3v) is 11.4. The molecule has 0 rings (SSSR count). The van der Waals surface area contributed by atoms with Gasteiger partial charge in [0, 0.05) is 19.3 Å². The van der Waals surface area contributed by atoms with Crippen molar-refractivity contribution in [3.8, 4) is 0 Å². The van der Waals surface area contributed by atoms with Crippen LogP contribution >= 0.6 is 0 Å². The Morgan fingerprint density at radius 3 is 0.900 bits per heavy atom. The molecule has 0 spiro atoms. The minimum Gasteiger partial charge on any atom is -0.462 e. The second-order valence-electron chi connectivity index (χ2n) is 18.1. The van der Waals surface area contributed by atoms with E-state index in [1.807, 2.05) is 0 Å². The van der Waals surface area contributed by atoms with Crippen molar-refractivity contribution in [3.63, 3.8) is 0 Å². The molecule has 0 aliphatic rings. The van der Waals surface area contributed by atoms with Crippen LogP contribution in [0.4, 0.5) is 0 Å². The number of hydrogen-bond acceptors (Lipinski definition) is 6. The van der Waals surface area contributed by atoms with Gasteiger partial charge in [0.05, 0.1) is 0 Å². The molecule has 0 aromatic heterocycles. The highest BCUT2D eigenvalue weighted by Crippen LogP contribution is 2.13. The van der Waals surface area contributed by atoms with Crippen LogP contribution in [0.15, 0.2) is 134 Å². The third kappa shape index (κ3) is 54.5. The van der Waals surface area contributed by atoms with Gasteiger partial charge >= 0.3 is 17.9 Å². The number of carbonyl (C=O) groups is 3. The van der Waals surface area contributed by atoms with Gasteiger partial charge in [0.15, 0.2) is 6.10 Å². The monoisotopic (exact) mass is 967 g/mol. The van der Waals surface area contributed by atoms with Gasteiger partial charge in [-0.05, 0) is 135 Å². The van der Waals surface area contributed by atoms with Gasteiger partial charge in [0.2, 0.25) is 0 Å². The van der Waals surface area contributed by atoms with Crippen LogP contribution < -0.4 is 0 Å². The molecule has 0 amide bonds. The molecule has 6 nitrogen and oxygen atoms in total. The van der Waals surface area contributed by atoms with Crippen molar-refractivity contribution in [1.29, 1.82) is 0 Å². The number of unbranched alkanes of at least 4 members (excludes halogenated alkanes) is 16. The lowest BCUT2D eigenvalue weighted by Gasteiger charge is -2.18. The van der Waals surface area contributed by atoms with Crippen molar-refractivity contribution >= 4 is 17.9 Å². The highest BCUT2D eigenvalue weighted by Gasteiger charge is 2.19. The lowest BCUT2D eigenvalue weighted by Crippen LogP contribution is -2.30. The van der Waals surface area contributed by atoms with E-state index < -0.39 is 6.10 Å². The van der Waals surface area contributed by atoms with Crippen molar-refractivity contribution in [2.24, 2.45) is 0 Å². The summed E-state index contributed by atoms with van der Waals surface area (Å²) in [6, 6.07) is 0. The molecule has 70 heavy (non-hydrogen) atoms. The Hall–Kier alpha value is -4.45. The van der Waals surface area contributed by atoms with E-state index in [1.54, 1.807) is 0 Å². The molecule has 0 bridgehead atoms. The van der Waals surface area contributed by atoms with E-state index in [2.05, 4.69) is 154 Å². The quantitative estimate of drug-likeness (QED) is 0.0262.